The van der Waals surface area contributed by atoms with E-state index >= 15 is 0 Å². The molecule has 0 aliphatic heterocycles. The van der Waals surface area contributed by atoms with Crippen LogP contribution < -0.4 is 11.0 Å². The van der Waals surface area contributed by atoms with Crippen molar-refractivity contribution in [3.05, 3.63) is 69.8 Å². The molecule has 0 radical (unpaired) electrons. The summed E-state index contributed by atoms with van der Waals surface area (Å²) in [5.74, 6) is -0.520. The van der Waals surface area contributed by atoms with Crippen LogP contribution in [0.25, 0.3) is 10.9 Å². The Morgan fingerprint density at radius 1 is 1.24 bits per heavy atom. The van der Waals surface area contributed by atoms with E-state index in [0.29, 0.717) is 0 Å². The Morgan fingerprint density at radius 3 is 2.76 bits per heavy atom. The van der Waals surface area contributed by atoms with Crippen molar-refractivity contribution in [2.45, 2.75) is 26.8 Å². The molecular weight excluding hydrogens is 316 g/mol. The number of para-hydroxylation sites is 1. The molecule has 0 fully saturated rings. The summed E-state index contributed by atoms with van der Waals surface area (Å²) in [4.78, 5) is 27.9. The summed E-state index contributed by atoms with van der Waals surface area (Å²) < 4.78 is 1.52. The molecule has 0 spiro atoms. The van der Waals surface area contributed by atoms with E-state index in [1.54, 1.807) is 18.5 Å². The number of aromatic nitrogens is 2. The van der Waals surface area contributed by atoms with E-state index in [9.17, 15) is 9.59 Å². The topological polar surface area (TPSA) is 79.2 Å². The van der Waals surface area contributed by atoms with Crippen LogP contribution >= 0.6 is 0 Å². The van der Waals surface area contributed by atoms with Gasteiger partial charge in [0.2, 0.25) is 0 Å². The SMILES string of the molecule is Cc1[nH]c2ccccc2c1/C=N\NC(=O)c1cccn(C(C)C)c1=O. The predicted molar refractivity (Wildman–Crippen MR) is 99.2 cm³/mol. The number of aromatic amines is 1. The maximum atomic E-state index is 12.3. The maximum Gasteiger partial charge on any atom is 0.276 e. The van der Waals surface area contributed by atoms with Crippen LogP contribution in [-0.2, 0) is 0 Å². The number of hydrazone groups is 1. The van der Waals surface area contributed by atoms with Crippen molar-refractivity contribution in [1.82, 2.24) is 15.0 Å². The van der Waals surface area contributed by atoms with E-state index in [2.05, 4.69) is 15.5 Å². The van der Waals surface area contributed by atoms with Crippen molar-refractivity contribution in [2.75, 3.05) is 0 Å². The molecule has 0 saturated carbocycles. The normalized spacial score (nSPS) is 11.5. The first-order valence-corrected chi connectivity index (χ1v) is 8.11. The average molecular weight is 336 g/mol. The molecule has 128 valence electrons. The van der Waals surface area contributed by atoms with Gasteiger partial charge in [0.25, 0.3) is 11.5 Å². The van der Waals surface area contributed by atoms with E-state index in [4.69, 9.17) is 0 Å². The van der Waals surface area contributed by atoms with Gasteiger partial charge in [0, 0.05) is 34.4 Å². The highest BCUT2D eigenvalue weighted by atomic mass is 16.2. The van der Waals surface area contributed by atoms with Crippen LogP contribution in [-0.4, -0.2) is 21.7 Å². The van der Waals surface area contributed by atoms with Crippen LogP contribution in [0.4, 0.5) is 0 Å². The minimum atomic E-state index is -0.520. The first kappa shape index (κ1) is 16.7. The molecule has 0 aliphatic rings. The van der Waals surface area contributed by atoms with Gasteiger partial charge in [-0.3, -0.25) is 9.59 Å². The van der Waals surface area contributed by atoms with Crippen LogP contribution in [0.1, 0.15) is 41.5 Å². The number of rotatable bonds is 4. The van der Waals surface area contributed by atoms with Gasteiger partial charge in [-0.05, 0) is 39.0 Å². The number of amides is 1. The minimum Gasteiger partial charge on any atom is -0.358 e. The molecule has 0 bridgehead atoms. The third-order valence-electron chi connectivity index (χ3n) is 4.08. The molecule has 2 heterocycles. The van der Waals surface area contributed by atoms with Gasteiger partial charge in [-0.15, -0.1) is 0 Å². The third-order valence-corrected chi connectivity index (χ3v) is 4.08. The summed E-state index contributed by atoms with van der Waals surface area (Å²) in [5, 5.41) is 5.05. The lowest BCUT2D eigenvalue weighted by molar-refractivity contribution is 0.0953. The summed E-state index contributed by atoms with van der Waals surface area (Å²) in [7, 11) is 0. The van der Waals surface area contributed by atoms with E-state index in [1.165, 1.54) is 10.6 Å². The first-order chi connectivity index (χ1) is 12.0. The van der Waals surface area contributed by atoms with E-state index in [1.807, 2.05) is 45.0 Å². The number of aryl methyl sites for hydroxylation is 1. The van der Waals surface area contributed by atoms with Gasteiger partial charge in [-0.2, -0.15) is 5.10 Å². The van der Waals surface area contributed by atoms with Crippen LogP contribution in [0, 0.1) is 6.92 Å². The summed E-state index contributed by atoms with van der Waals surface area (Å²) in [5.41, 5.74) is 5.06. The van der Waals surface area contributed by atoms with Gasteiger partial charge < -0.3 is 9.55 Å². The van der Waals surface area contributed by atoms with Crippen molar-refractivity contribution >= 4 is 23.0 Å². The number of fused-ring (bicyclic) bond motifs is 1. The second kappa shape index (κ2) is 6.76. The van der Waals surface area contributed by atoms with Crippen molar-refractivity contribution in [3.8, 4) is 0 Å². The Morgan fingerprint density at radius 2 is 2.00 bits per heavy atom. The van der Waals surface area contributed by atoms with E-state index < -0.39 is 5.91 Å². The second-order valence-electron chi connectivity index (χ2n) is 6.14. The van der Waals surface area contributed by atoms with E-state index in [-0.39, 0.29) is 17.2 Å². The molecule has 6 nitrogen and oxygen atoms in total. The molecular formula is C19H20N4O2. The minimum absolute atomic E-state index is 0.0161. The summed E-state index contributed by atoms with van der Waals surface area (Å²) in [6.07, 6.45) is 3.26. The summed E-state index contributed by atoms with van der Waals surface area (Å²) in [6.45, 7) is 5.73. The Hall–Kier alpha value is -3.15. The highest BCUT2D eigenvalue weighted by Gasteiger charge is 2.13. The van der Waals surface area contributed by atoms with Gasteiger partial charge in [-0.25, -0.2) is 5.43 Å². The molecule has 3 rings (SSSR count). The molecule has 25 heavy (non-hydrogen) atoms. The zero-order valence-electron chi connectivity index (χ0n) is 14.4. The Balaban J connectivity index is 1.83. The molecule has 0 unspecified atom stereocenters. The largest absolute Gasteiger partial charge is 0.358 e. The van der Waals surface area contributed by atoms with E-state index in [0.717, 1.165) is 22.2 Å². The monoisotopic (exact) mass is 336 g/mol. The Bertz CT molecular complexity index is 1010. The van der Waals surface area contributed by atoms with Crippen molar-refractivity contribution in [3.63, 3.8) is 0 Å². The number of H-pyrrole nitrogens is 1. The third kappa shape index (κ3) is 3.24. The van der Waals surface area contributed by atoms with Crippen LogP contribution in [0.15, 0.2) is 52.5 Å². The lowest BCUT2D eigenvalue weighted by atomic mass is 10.1. The molecule has 0 atom stereocenters. The summed E-state index contributed by atoms with van der Waals surface area (Å²) >= 11 is 0. The van der Waals surface area contributed by atoms with Crippen LogP contribution in [0.5, 0.6) is 0 Å². The molecule has 1 aromatic carbocycles. The summed E-state index contributed by atoms with van der Waals surface area (Å²) in [6, 6.07) is 11.0. The Kier molecular flexibility index (Phi) is 4.52. The molecule has 2 N–H and O–H groups in total. The van der Waals surface area contributed by atoms with Crippen LogP contribution in [0.2, 0.25) is 0 Å². The highest BCUT2D eigenvalue weighted by molar-refractivity contribution is 6.01. The number of carbonyl (C=O) groups excluding carboxylic acids is 1. The predicted octanol–water partition coefficient (Wildman–Crippen LogP) is 2.98. The second-order valence-corrected chi connectivity index (χ2v) is 6.14. The van der Waals surface area contributed by atoms with Crippen molar-refractivity contribution in [2.24, 2.45) is 5.10 Å². The fourth-order valence-corrected chi connectivity index (χ4v) is 2.77. The maximum absolute atomic E-state index is 12.3. The van der Waals surface area contributed by atoms with Crippen LogP contribution in [0.3, 0.4) is 0 Å². The van der Waals surface area contributed by atoms with Gasteiger partial charge >= 0.3 is 0 Å². The number of hydrogen-bond acceptors (Lipinski definition) is 3. The fraction of sp³-hybridized carbons (Fsp3) is 0.211. The van der Waals surface area contributed by atoms with Gasteiger partial charge in [0.05, 0.1) is 6.21 Å². The number of benzene rings is 1. The number of nitrogens with one attached hydrogen (secondary N) is 2. The quantitative estimate of drug-likeness (QED) is 0.567. The van der Waals surface area contributed by atoms with Gasteiger partial charge in [-0.1, -0.05) is 18.2 Å². The van der Waals surface area contributed by atoms with Crippen molar-refractivity contribution in [1.29, 1.82) is 0 Å². The molecule has 0 aliphatic carbocycles. The van der Waals surface area contributed by atoms with Gasteiger partial charge in [0.1, 0.15) is 5.56 Å². The number of hydrogen-bond donors (Lipinski definition) is 2. The lowest BCUT2D eigenvalue weighted by Gasteiger charge is -2.10. The number of nitrogens with zero attached hydrogens (tertiary/aromatic N) is 2. The zero-order valence-corrected chi connectivity index (χ0v) is 14.4. The highest BCUT2D eigenvalue weighted by Crippen LogP contribution is 2.19. The fourth-order valence-electron chi connectivity index (χ4n) is 2.77. The van der Waals surface area contributed by atoms with Gasteiger partial charge in [0.15, 0.2) is 0 Å². The molecule has 2 aromatic heterocycles. The van der Waals surface area contributed by atoms with Crippen molar-refractivity contribution < 1.29 is 4.79 Å². The molecule has 3 aromatic rings. The molecule has 0 saturated heterocycles. The first-order valence-electron chi connectivity index (χ1n) is 8.11. The average Bonchev–Trinajstić information content (AvgIpc) is 2.90. The smallest absolute Gasteiger partial charge is 0.276 e. The zero-order chi connectivity index (χ0) is 18.0. The molecule has 1 amide bonds. The number of pyridine rings is 1. The standard InChI is InChI=1S/C19H20N4O2/c1-12(2)23-10-6-8-15(19(23)25)18(24)22-20-11-16-13(3)21-17-9-5-4-7-14(16)17/h4-12,21H,1-3H3,(H,22,24)/b20-11-. The lowest BCUT2D eigenvalue weighted by Crippen LogP contribution is -2.31. The Labute approximate surface area is 145 Å². The molecule has 6 heteroatoms. The number of carbonyl (C=O) groups is 1.